The van der Waals surface area contributed by atoms with Gasteiger partial charge in [-0.15, -0.1) is 10.2 Å². The summed E-state index contributed by atoms with van der Waals surface area (Å²) in [7, 11) is 0. The Labute approximate surface area is 123 Å². The van der Waals surface area contributed by atoms with Crippen LogP contribution in [0.3, 0.4) is 0 Å². The maximum absolute atomic E-state index is 13.5. The van der Waals surface area contributed by atoms with Crippen LogP contribution in [0, 0.1) is 0 Å². The molecule has 3 heterocycles. The van der Waals surface area contributed by atoms with Crippen LogP contribution in [0.4, 0.5) is 8.78 Å². The highest BCUT2D eigenvalue weighted by Gasteiger charge is 2.40. The highest BCUT2D eigenvalue weighted by molar-refractivity contribution is 4.98. The minimum absolute atomic E-state index is 0.105. The van der Waals surface area contributed by atoms with Crippen molar-refractivity contribution in [1.29, 1.82) is 0 Å². The van der Waals surface area contributed by atoms with Crippen molar-refractivity contribution in [2.45, 2.75) is 63.6 Å². The number of rotatable bonds is 2. The zero-order valence-electron chi connectivity index (χ0n) is 12.1. The van der Waals surface area contributed by atoms with E-state index in [1.807, 2.05) is 4.90 Å². The predicted molar refractivity (Wildman–Crippen MR) is 73.0 cm³/mol. The second-order valence-corrected chi connectivity index (χ2v) is 6.09. The molecule has 1 N–H and O–H groups in total. The number of halogens is 2. The lowest BCUT2D eigenvalue weighted by Crippen LogP contribution is -2.32. The van der Waals surface area contributed by atoms with Crippen LogP contribution in [-0.4, -0.2) is 49.9 Å². The van der Waals surface area contributed by atoms with Gasteiger partial charge in [-0.25, -0.2) is 8.78 Å². The van der Waals surface area contributed by atoms with Crippen molar-refractivity contribution in [3.8, 4) is 0 Å². The highest BCUT2D eigenvalue weighted by atomic mass is 19.3. The summed E-state index contributed by atoms with van der Waals surface area (Å²) in [5.74, 6) is -1.09. The zero-order valence-corrected chi connectivity index (χ0v) is 12.1. The van der Waals surface area contributed by atoms with E-state index in [1.165, 1.54) is 6.42 Å². The molecular weight excluding hydrogens is 278 g/mol. The molecule has 0 bridgehead atoms. The summed E-state index contributed by atoms with van der Waals surface area (Å²) in [6.45, 7) is 2.21. The zero-order chi connectivity index (χ0) is 14.9. The monoisotopic (exact) mass is 300 g/mol. The number of aliphatic hydroxyl groups excluding tert-OH is 1. The molecule has 1 aromatic rings. The van der Waals surface area contributed by atoms with E-state index in [9.17, 15) is 13.9 Å². The van der Waals surface area contributed by atoms with Crippen LogP contribution in [0.15, 0.2) is 0 Å². The highest BCUT2D eigenvalue weighted by Crippen LogP contribution is 2.29. The van der Waals surface area contributed by atoms with Crippen LogP contribution in [0.2, 0.25) is 0 Å². The predicted octanol–water partition coefficient (Wildman–Crippen LogP) is 1.60. The van der Waals surface area contributed by atoms with E-state index in [2.05, 4.69) is 14.8 Å². The van der Waals surface area contributed by atoms with E-state index in [-0.39, 0.29) is 19.4 Å². The van der Waals surface area contributed by atoms with Gasteiger partial charge in [-0.1, -0.05) is 6.42 Å². The first-order valence-corrected chi connectivity index (χ1v) is 7.75. The van der Waals surface area contributed by atoms with E-state index in [0.717, 1.165) is 37.5 Å². The summed E-state index contributed by atoms with van der Waals surface area (Å²) >= 11 is 0. The molecule has 21 heavy (non-hydrogen) atoms. The lowest BCUT2D eigenvalue weighted by Gasteiger charge is -2.20. The molecule has 1 saturated heterocycles. The molecule has 0 radical (unpaired) electrons. The fraction of sp³-hybridized carbons (Fsp3) is 0.857. The van der Waals surface area contributed by atoms with Gasteiger partial charge in [0.05, 0.1) is 6.54 Å². The van der Waals surface area contributed by atoms with E-state index in [0.29, 0.717) is 13.1 Å². The molecule has 0 amide bonds. The summed E-state index contributed by atoms with van der Waals surface area (Å²) < 4.78 is 29.2. The van der Waals surface area contributed by atoms with Crippen LogP contribution in [0.5, 0.6) is 0 Å². The summed E-state index contributed by atoms with van der Waals surface area (Å²) in [6.07, 6.45) is 2.69. The van der Waals surface area contributed by atoms with Crippen LogP contribution in [0.25, 0.3) is 0 Å². The third-order valence-corrected chi connectivity index (χ3v) is 4.52. The van der Waals surface area contributed by atoms with Gasteiger partial charge < -0.3 is 9.67 Å². The van der Waals surface area contributed by atoms with E-state index in [1.54, 1.807) is 0 Å². The number of hydrogen-bond acceptors (Lipinski definition) is 4. The fourth-order valence-corrected chi connectivity index (χ4v) is 3.12. The van der Waals surface area contributed by atoms with Gasteiger partial charge in [-0.2, -0.15) is 0 Å². The average Bonchev–Trinajstić information content (AvgIpc) is 2.62. The smallest absolute Gasteiger partial charge is 0.274 e. The molecular formula is C14H22F2N4O. The van der Waals surface area contributed by atoms with Gasteiger partial charge in [0.2, 0.25) is 0 Å². The molecule has 5 nitrogen and oxygen atoms in total. The SMILES string of the molecule is OC1CCN(Cc2nnc3n2CCCCC3)CCC1(F)F. The van der Waals surface area contributed by atoms with Crippen molar-refractivity contribution in [1.82, 2.24) is 19.7 Å². The first-order valence-electron chi connectivity index (χ1n) is 7.75. The van der Waals surface area contributed by atoms with Crippen molar-refractivity contribution in [3.63, 3.8) is 0 Å². The molecule has 7 heteroatoms. The van der Waals surface area contributed by atoms with Gasteiger partial charge in [-0.3, -0.25) is 4.90 Å². The molecule has 0 aliphatic carbocycles. The number of alkyl halides is 2. The quantitative estimate of drug-likeness (QED) is 0.901. The lowest BCUT2D eigenvalue weighted by molar-refractivity contribution is -0.108. The Balaban J connectivity index is 1.68. The third kappa shape index (κ3) is 3.23. The Bertz CT molecular complexity index is 491. The van der Waals surface area contributed by atoms with Gasteiger partial charge in [0.15, 0.2) is 0 Å². The van der Waals surface area contributed by atoms with Gasteiger partial charge in [0, 0.05) is 32.5 Å². The van der Waals surface area contributed by atoms with Crippen molar-refractivity contribution in [2.24, 2.45) is 0 Å². The van der Waals surface area contributed by atoms with Crippen molar-refractivity contribution < 1.29 is 13.9 Å². The summed E-state index contributed by atoms with van der Waals surface area (Å²) in [4.78, 5) is 1.95. The van der Waals surface area contributed by atoms with Crippen LogP contribution < -0.4 is 0 Å². The maximum Gasteiger partial charge on any atom is 0.274 e. The van der Waals surface area contributed by atoms with Gasteiger partial charge in [-0.05, 0) is 19.3 Å². The standard InChI is InChI=1S/C14H22F2N4O/c15-14(16)6-9-19(8-5-11(14)21)10-13-18-17-12-4-2-1-3-7-20(12)13/h11,21H,1-10H2. The van der Waals surface area contributed by atoms with E-state index >= 15 is 0 Å². The Morgan fingerprint density at radius 2 is 2.00 bits per heavy atom. The summed E-state index contributed by atoms with van der Waals surface area (Å²) in [5.41, 5.74) is 0. The van der Waals surface area contributed by atoms with Crippen LogP contribution >= 0.6 is 0 Å². The van der Waals surface area contributed by atoms with Crippen LogP contribution in [0.1, 0.15) is 43.8 Å². The molecule has 2 aliphatic heterocycles. The Kier molecular flexibility index (Phi) is 4.21. The topological polar surface area (TPSA) is 54.2 Å². The van der Waals surface area contributed by atoms with Crippen molar-refractivity contribution in [2.75, 3.05) is 13.1 Å². The summed E-state index contributed by atoms with van der Waals surface area (Å²) in [5, 5.41) is 18.0. The third-order valence-electron chi connectivity index (χ3n) is 4.52. The van der Waals surface area contributed by atoms with Crippen molar-refractivity contribution >= 4 is 0 Å². The minimum atomic E-state index is -2.98. The number of aliphatic hydroxyl groups is 1. The number of fused-ring (bicyclic) bond motifs is 1. The fourth-order valence-electron chi connectivity index (χ4n) is 3.12. The number of aryl methyl sites for hydroxylation is 1. The maximum atomic E-state index is 13.5. The minimum Gasteiger partial charge on any atom is -0.387 e. The molecule has 1 atom stereocenters. The normalized spacial score (nSPS) is 26.9. The summed E-state index contributed by atoms with van der Waals surface area (Å²) in [6, 6.07) is 0. The Hall–Kier alpha value is -1.08. The number of aromatic nitrogens is 3. The molecule has 2 aliphatic rings. The van der Waals surface area contributed by atoms with Gasteiger partial charge in [0.1, 0.15) is 17.8 Å². The molecule has 1 unspecified atom stereocenters. The molecule has 1 aromatic heterocycles. The molecule has 3 rings (SSSR count). The average molecular weight is 300 g/mol. The Morgan fingerprint density at radius 1 is 1.14 bits per heavy atom. The first-order chi connectivity index (χ1) is 10.1. The molecule has 118 valence electrons. The van der Waals surface area contributed by atoms with Gasteiger partial charge >= 0.3 is 0 Å². The second-order valence-electron chi connectivity index (χ2n) is 6.09. The number of nitrogens with zero attached hydrogens (tertiary/aromatic N) is 4. The van der Waals surface area contributed by atoms with E-state index in [4.69, 9.17) is 0 Å². The van der Waals surface area contributed by atoms with Gasteiger partial charge in [0.25, 0.3) is 5.92 Å². The van der Waals surface area contributed by atoms with Crippen LogP contribution in [-0.2, 0) is 19.5 Å². The van der Waals surface area contributed by atoms with Crippen molar-refractivity contribution in [3.05, 3.63) is 11.6 Å². The molecule has 0 spiro atoms. The lowest BCUT2D eigenvalue weighted by atomic mass is 10.1. The second kappa shape index (κ2) is 5.96. The number of hydrogen-bond donors (Lipinski definition) is 1. The molecule has 0 aromatic carbocycles. The Morgan fingerprint density at radius 3 is 2.86 bits per heavy atom. The molecule has 1 fully saturated rings. The molecule has 0 saturated carbocycles. The number of likely N-dealkylation sites (tertiary alicyclic amines) is 1. The first kappa shape index (κ1) is 14.8. The largest absolute Gasteiger partial charge is 0.387 e. The van der Waals surface area contributed by atoms with E-state index < -0.39 is 12.0 Å².